The van der Waals surface area contributed by atoms with Crippen molar-refractivity contribution in [1.29, 1.82) is 0 Å². The monoisotopic (exact) mass is 355 g/mol. The van der Waals surface area contributed by atoms with E-state index in [0.717, 1.165) is 28.4 Å². The number of imidazole rings is 1. The zero-order valence-corrected chi connectivity index (χ0v) is 13.6. The minimum atomic E-state index is -0.896. The van der Waals surface area contributed by atoms with E-state index in [1.54, 1.807) is 24.3 Å². The number of carbonyl (C=O) groups is 1. The average Bonchev–Trinajstić information content (AvgIpc) is 3.17. The van der Waals surface area contributed by atoms with Crippen LogP contribution in [0.2, 0.25) is 0 Å². The van der Waals surface area contributed by atoms with Gasteiger partial charge in [-0.25, -0.2) is 13.8 Å². The number of benzene rings is 2. The molecule has 0 aliphatic carbocycles. The number of halogens is 2. The molecule has 0 aliphatic rings. The number of thiazole rings is 1. The summed E-state index contributed by atoms with van der Waals surface area (Å²) in [4.78, 5) is 17.5. The van der Waals surface area contributed by atoms with Gasteiger partial charge in [-0.2, -0.15) is 0 Å². The van der Waals surface area contributed by atoms with Gasteiger partial charge in [0.05, 0.1) is 5.69 Å². The van der Waals surface area contributed by atoms with E-state index in [1.165, 1.54) is 17.4 Å². The van der Waals surface area contributed by atoms with E-state index in [9.17, 15) is 13.6 Å². The lowest BCUT2D eigenvalue weighted by Gasteiger charge is -2.07. The molecule has 4 rings (SSSR count). The van der Waals surface area contributed by atoms with Crippen LogP contribution in [0.3, 0.4) is 0 Å². The van der Waals surface area contributed by atoms with Gasteiger partial charge in [0.1, 0.15) is 17.2 Å². The summed E-state index contributed by atoms with van der Waals surface area (Å²) in [6, 6.07) is 10.2. The molecule has 0 aliphatic heterocycles. The normalized spacial score (nSPS) is 11.0. The summed E-state index contributed by atoms with van der Waals surface area (Å²) in [7, 11) is 0. The summed E-state index contributed by atoms with van der Waals surface area (Å²) in [6.45, 7) is 0. The van der Waals surface area contributed by atoms with Crippen molar-refractivity contribution >= 4 is 27.9 Å². The van der Waals surface area contributed by atoms with Gasteiger partial charge in [-0.15, -0.1) is 11.3 Å². The van der Waals surface area contributed by atoms with Crippen molar-refractivity contribution in [2.24, 2.45) is 0 Å². The van der Waals surface area contributed by atoms with Crippen LogP contribution in [-0.2, 0) is 0 Å². The van der Waals surface area contributed by atoms with Gasteiger partial charge in [0.15, 0.2) is 4.96 Å². The number of anilines is 1. The lowest BCUT2D eigenvalue weighted by molar-refractivity contribution is 0.101. The average molecular weight is 355 g/mol. The van der Waals surface area contributed by atoms with Gasteiger partial charge in [-0.3, -0.25) is 9.20 Å². The van der Waals surface area contributed by atoms with Gasteiger partial charge < -0.3 is 5.32 Å². The summed E-state index contributed by atoms with van der Waals surface area (Å²) in [6.07, 6.45) is 3.84. The number of rotatable bonds is 3. The predicted octanol–water partition coefficient (Wildman–Crippen LogP) is 4.59. The number of hydrogen-bond acceptors (Lipinski definition) is 3. The third-order valence-corrected chi connectivity index (χ3v) is 4.49. The summed E-state index contributed by atoms with van der Waals surface area (Å²) in [5.74, 6) is -2.62. The predicted molar refractivity (Wildman–Crippen MR) is 92.8 cm³/mol. The molecule has 124 valence electrons. The zero-order chi connectivity index (χ0) is 17.4. The third-order valence-electron chi connectivity index (χ3n) is 3.72. The second kappa shape index (κ2) is 6.10. The molecule has 0 saturated carbocycles. The molecule has 2 heterocycles. The van der Waals surface area contributed by atoms with E-state index in [4.69, 9.17) is 0 Å². The maximum atomic E-state index is 13.6. The molecule has 0 radical (unpaired) electrons. The van der Waals surface area contributed by atoms with Gasteiger partial charge in [-0.1, -0.05) is 18.2 Å². The maximum Gasteiger partial charge on any atom is 0.261 e. The van der Waals surface area contributed by atoms with Crippen molar-refractivity contribution in [2.75, 3.05) is 5.32 Å². The lowest BCUT2D eigenvalue weighted by Crippen LogP contribution is -2.15. The Morgan fingerprint density at radius 3 is 2.48 bits per heavy atom. The molecule has 0 bridgehead atoms. The molecule has 1 amide bonds. The molecular formula is C18H11F2N3OS. The van der Waals surface area contributed by atoms with Crippen LogP contribution in [0.5, 0.6) is 0 Å². The van der Waals surface area contributed by atoms with Crippen LogP contribution in [0.1, 0.15) is 10.4 Å². The number of fused-ring (bicyclic) bond motifs is 1. The van der Waals surface area contributed by atoms with Crippen molar-refractivity contribution in [3.05, 3.63) is 77.4 Å². The van der Waals surface area contributed by atoms with Crippen LogP contribution in [0.15, 0.2) is 60.2 Å². The maximum absolute atomic E-state index is 13.6. The summed E-state index contributed by atoms with van der Waals surface area (Å²) in [5, 5.41) is 4.45. The second-order valence-corrected chi connectivity index (χ2v) is 6.22. The SMILES string of the molecule is O=C(Nc1ccc(-c2cn3ccsc3n2)cc1)c1c(F)cccc1F. The standard InChI is InChI=1S/C18H11F2N3OS/c19-13-2-1-3-14(20)16(13)17(24)21-12-6-4-11(5-7-12)15-10-23-8-9-25-18(23)22-15/h1-10H,(H,21,24). The molecule has 2 aromatic carbocycles. The molecule has 0 spiro atoms. The number of amides is 1. The van der Waals surface area contributed by atoms with Crippen LogP contribution in [0, 0.1) is 11.6 Å². The van der Waals surface area contributed by atoms with E-state index in [1.807, 2.05) is 22.2 Å². The van der Waals surface area contributed by atoms with Crippen molar-refractivity contribution in [3.8, 4) is 11.3 Å². The smallest absolute Gasteiger partial charge is 0.261 e. The van der Waals surface area contributed by atoms with E-state index < -0.39 is 23.1 Å². The van der Waals surface area contributed by atoms with E-state index >= 15 is 0 Å². The molecular weight excluding hydrogens is 344 g/mol. The van der Waals surface area contributed by atoms with Gasteiger partial charge in [0.2, 0.25) is 0 Å². The Kier molecular flexibility index (Phi) is 3.77. The summed E-state index contributed by atoms with van der Waals surface area (Å²) >= 11 is 1.54. The van der Waals surface area contributed by atoms with Crippen molar-refractivity contribution in [2.45, 2.75) is 0 Å². The molecule has 1 N–H and O–H groups in total. The number of aromatic nitrogens is 2. The van der Waals surface area contributed by atoms with Crippen molar-refractivity contribution in [1.82, 2.24) is 9.38 Å². The van der Waals surface area contributed by atoms with E-state index in [-0.39, 0.29) is 0 Å². The highest BCUT2D eigenvalue weighted by Gasteiger charge is 2.17. The first-order chi connectivity index (χ1) is 12.1. The molecule has 2 aromatic heterocycles. The molecule has 25 heavy (non-hydrogen) atoms. The first kappa shape index (κ1) is 15.5. The molecule has 0 fully saturated rings. The highest BCUT2D eigenvalue weighted by molar-refractivity contribution is 7.15. The minimum Gasteiger partial charge on any atom is -0.322 e. The fourth-order valence-corrected chi connectivity index (χ4v) is 3.20. The number of carbonyl (C=O) groups excluding carboxylic acids is 1. The third kappa shape index (κ3) is 2.89. The number of hydrogen-bond donors (Lipinski definition) is 1. The Morgan fingerprint density at radius 1 is 1.08 bits per heavy atom. The lowest BCUT2D eigenvalue weighted by atomic mass is 10.1. The first-order valence-corrected chi connectivity index (χ1v) is 8.28. The van der Waals surface area contributed by atoms with Crippen molar-refractivity contribution in [3.63, 3.8) is 0 Å². The van der Waals surface area contributed by atoms with Gasteiger partial charge in [0.25, 0.3) is 5.91 Å². The molecule has 7 heteroatoms. The Balaban J connectivity index is 1.56. The quantitative estimate of drug-likeness (QED) is 0.584. The van der Waals surface area contributed by atoms with Crippen LogP contribution < -0.4 is 5.32 Å². The number of nitrogens with zero attached hydrogens (tertiary/aromatic N) is 2. The molecule has 4 aromatic rings. The van der Waals surface area contributed by atoms with Crippen LogP contribution in [0.4, 0.5) is 14.5 Å². The Morgan fingerprint density at radius 2 is 1.80 bits per heavy atom. The molecule has 4 nitrogen and oxygen atoms in total. The fraction of sp³-hybridized carbons (Fsp3) is 0. The second-order valence-electron chi connectivity index (χ2n) is 5.35. The van der Waals surface area contributed by atoms with E-state index in [2.05, 4.69) is 10.3 Å². The highest BCUT2D eigenvalue weighted by atomic mass is 32.1. The van der Waals surface area contributed by atoms with Gasteiger partial charge >= 0.3 is 0 Å². The largest absolute Gasteiger partial charge is 0.322 e. The number of nitrogens with one attached hydrogen (secondary N) is 1. The Bertz CT molecular complexity index is 1020. The van der Waals surface area contributed by atoms with Crippen LogP contribution in [0.25, 0.3) is 16.2 Å². The van der Waals surface area contributed by atoms with Gasteiger partial charge in [0, 0.05) is 29.0 Å². The first-order valence-electron chi connectivity index (χ1n) is 7.40. The fourth-order valence-electron chi connectivity index (χ4n) is 2.50. The highest BCUT2D eigenvalue weighted by Crippen LogP contribution is 2.23. The minimum absolute atomic E-state index is 0.442. The van der Waals surface area contributed by atoms with Crippen molar-refractivity contribution < 1.29 is 13.6 Å². The van der Waals surface area contributed by atoms with Gasteiger partial charge in [-0.05, 0) is 24.3 Å². The Labute approximate surface area is 145 Å². The zero-order valence-electron chi connectivity index (χ0n) is 12.7. The Hall–Kier alpha value is -3.06. The molecule has 0 unspecified atom stereocenters. The van der Waals surface area contributed by atoms with E-state index in [0.29, 0.717) is 5.69 Å². The van der Waals surface area contributed by atoms with Crippen LogP contribution in [-0.4, -0.2) is 15.3 Å². The summed E-state index contributed by atoms with van der Waals surface area (Å²) < 4.78 is 29.2. The molecule has 0 saturated heterocycles. The topological polar surface area (TPSA) is 46.4 Å². The molecule has 0 atom stereocenters. The summed E-state index contributed by atoms with van der Waals surface area (Å²) in [5.41, 5.74) is 1.54. The van der Waals surface area contributed by atoms with Crippen LogP contribution >= 0.6 is 11.3 Å².